The van der Waals surface area contributed by atoms with Crippen LogP contribution in [0.25, 0.3) is 0 Å². The molecule has 0 saturated heterocycles. The number of amides is 1. The van der Waals surface area contributed by atoms with E-state index in [1.807, 2.05) is 6.07 Å². The van der Waals surface area contributed by atoms with Gasteiger partial charge >= 0.3 is 5.97 Å². The van der Waals surface area contributed by atoms with Crippen molar-refractivity contribution in [2.75, 3.05) is 11.6 Å². The van der Waals surface area contributed by atoms with Gasteiger partial charge in [-0.1, -0.05) is 18.2 Å². The number of hydrogen-bond acceptors (Lipinski definition) is 6. The predicted molar refractivity (Wildman–Crippen MR) is 93.7 cm³/mol. The zero-order valence-corrected chi connectivity index (χ0v) is 14.1. The summed E-state index contributed by atoms with van der Waals surface area (Å²) in [6.45, 7) is 1.42. The number of benzene rings is 1. The van der Waals surface area contributed by atoms with Crippen molar-refractivity contribution >= 4 is 23.3 Å². The Balaban J connectivity index is 1.72. The van der Waals surface area contributed by atoms with Gasteiger partial charge in [-0.15, -0.1) is 0 Å². The molecule has 0 aliphatic carbocycles. The normalized spacial score (nSPS) is 18.9. The highest BCUT2D eigenvalue weighted by molar-refractivity contribution is 6.40. The number of furan rings is 1. The summed E-state index contributed by atoms with van der Waals surface area (Å²) in [7, 11) is 0. The fourth-order valence-corrected chi connectivity index (χ4v) is 2.69. The Morgan fingerprint density at radius 3 is 2.65 bits per heavy atom. The van der Waals surface area contributed by atoms with Crippen LogP contribution in [0.15, 0.2) is 58.2 Å². The Kier molecular flexibility index (Phi) is 4.77. The summed E-state index contributed by atoms with van der Waals surface area (Å²) in [6.07, 6.45) is 1.40. The molecule has 3 rings (SSSR count). The summed E-state index contributed by atoms with van der Waals surface area (Å²) in [5, 5.41) is 27.9. The predicted octanol–water partition coefficient (Wildman–Crippen LogP) is 1.32. The molecule has 0 fully saturated rings. The van der Waals surface area contributed by atoms with Gasteiger partial charge in [0.1, 0.15) is 17.1 Å². The molecule has 2 aromatic rings. The second-order valence-electron chi connectivity index (χ2n) is 6.22. The van der Waals surface area contributed by atoms with E-state index in [0.29, 0.717) is 11.4 Å². The average molecular weight is 357 g/mol. The van der Waals surface area contributed by atoms with Crippen LogP contribution in [0, 0.1) is 0 Å². The van der Waals surface area contributed by atoms with Gasteiger partial charge in [0.25, 0.3) is 5.91 Å². The summed E-state index contributed by atoms with van der Waals surface area (Å²) in [5.74, 6) is -1.27. The summed E-state index contributed by atoms with van der Waals surface area (Å²) >= 11 is 0. The molecule has 2 atom stereocenters. The number of carbonyl (C=O) groups is 2. The first-order valence-corrected chi connectivity index (χ1v) is 8.07. The second kappa shape index (κ2) is 7.01. The molecule has 1 aliphatic rings. The molecule has 8 heteroatoms. The molecule has 2 unspecified atom stereocenters. The van der Waals surface area contributed by atoms with Gasteiger partial charge in [0.05, 0.1) is 18.5 Å². The molecule has 0 radical (unpaired) electrons. The molecule has 0 saturated carbocycles. The van der Waals surface area contributed by atoms with Crippen LogP contribution in [-0.2, 0) is 15.2 Å². The minimum absolute atomic E-state index is 0.0288. The standard InChI is InChI=1S/C18H19N3O5/c1-18(25,15-8-5-9-26-15)11-19-16(22)13-10-14(17(23)24)21(20-13)12-6-3-2-4-7-12/h2-9,14,25H,10-11H2,1H3,(H,19,22)(H,23,24). The monoisotopic (exact) mass is 357 g/mol. The highest BCUT2D eigenvalue weighted by atomic mass is 16.4. The zero-order chi connectivity index (χ0) is 18.7. The van der Waals surface area contributed by atoms with E-state index in [2.05, 4.69) is 10.4 Å². The minimum atomic E-state index is -1.39. The zero-order valence-electron chi connectivity index (χ0n) is 14.1. The average Bonchev–Trinajstić information content (AvgIpc) is 3.30. The number of para-hydroxylation sites is 1. The SMILES string of the molecule is CC(O)(CNC(=O)C1=NN(c2ccccc2)C(C(=O)O)C1)c1ccco1. The smallest absolute Gasteiger partial charge is 0.328 e. The maximum Gasteiger partial charge on any atom is 0.328 e. The van der Waals surface area contributed by atoms with Gasteiger partial charge in [-0.05, 0) is 31.2 Å². The maximum absolute atomic E-state index is 12.4. The molecule has 1 aromatic carbocycles. The van der Waals surface area contributed by atoms with Gasteiger partial charge < -0.3 is 19.9 Å². The van der Waals surface area contributed by atoms with Gasteiger partial charge in [-0.3, -0.25) is 9.80 Å². The third-order valence-electron chi connectivity index (χ3n) is 4.12. The lowest BCUT2D eigenvalue weighted by atomic mass is 10.0. The molecule has 26 heavy (non-hydrogen) atoms. The van der Waals surface area contributed by atoms with Crippen LogP contribution in [0.2, 0.25) is 0 Å². The van der Waals surface area contributed by atoms with Crippen molar-refractivity contribution in [3.63, 3.8) is 0 Å². The third kappa shape index (κ3) is 3.60. The van der Waals surface area contributed by atoms with Crippen LogP contribution in [0.3, 0.4) is 0 Å². The minimum Gasteiger partial charge on any atom is -0.480 e. The highest BCUT2D eigenvalue weighted by Crippen LogP contribution is 2.25. The first kappa shape index (κ1) is 17.7. The van der Waals surface area contributed by atoms with Gasteiger partial charge in [0.15, 0.2) is 6.04 Å². The van der Waals surface area contributed by atoms with Gasteiger partial charge in [0, 0.05) is 6.42 Å². The van der Waals surface area contributed by atoms with Gasteiger partial charge in [-0.2, -0.15) is 5.10 Å². The van der Waals surface area contributed by atoms with E-state index >= 15 is 0 Å². The number of nitrogens with zero attached hydrogens (tertiary/aromatic N) is 2. The van der Waals surface area contributed by atoms with Crippen LogP contribution < -0.4 is 10.3 Å². The molecule has 0 bridgehead atoms. The molecular formula is C18H19N3O5. The number of carbonyl (C=O) groups excluding carboxylic acids is 1. The molecule has 3 N–H and O–H groups in total. The number of aliphatic hydroxyl groups is 1. The number of anilines is 1. The summed E-state index contributed by atoms with van der Waals surface area (Å²) in [6, 6.07) is 11.1. The van der Waals surface area contributed by atoms with E-state index in [1.165, 1.54) is 18.2 Å². The van der Waals surface area contributed by atoms with Crippen LogP contribution >= 0.6 is 0 Å². The first-order valence-electron chi connectivity index (χ1n) is 8.07. The molecule has 8 nitrogen and oxygen atoms in total. The van der Waals surface area contributed by atoms with Crippen LogP contribution in [0.5, 0.6) is 0 Å². The number of aliphatic carboxylic acids is 1. The van der Waals surface area contributed by atoms with Crippen molar-refractivity contribution in [3.05, 3.63) is 54.5 Å². The lowest BCUT2D eigenvalue weighted by Gasteiger charge is -2.20. The first-order chi connectivity index (χ1) is 12.4. The number of nitrogens with one attached hydrogen (secondary N) is 1. The van der Waals surface area contributed by atoms with Crippen LogP contribution in [0.1, 0.15) is 19.1 Å². The molecular weight excluding hydrogens is 338 g/mol. The Morgan fingerprint density at radius 1 is 1.31 bits per heavy atom. The topological polar surface area (TPSA) is 115 Å². The number of hydrazone groups is 1. The van der Waals surface area contributed by atoms with Crippen molar-refractivity contribution in [2.45, 2.75) is 25.0 Å². The van der Waals surface area contributed by atoms with Crippen LogP contribution in [0.4, 0.5) is 5.69 Å². The molecule has 0 spiro atoms. The lowest BCUT2D eigenvalue weighted by molar-refractivity contribution is -0.138. The quantitative estimate of drug-likeness (QED) is 0.718. The van der Waals surface area contributed by atoms with E-state index in [-0.39, 0.29) is 18.7 Å². The number of hydrogen-bond donors (Lipinski definition) is 3. The van der Waals surface area contributed by atoms with Crippen molar-refractivity contribution < 1.29 is 24.2 Å². The largest absolute Gasteiger partial charge is 0.480 e. The third-order valence-corrected chi connectivity index (χ3v) is 4.12. The Hall–Kier alpha value is -3.13. The summed E-state index contributed by atoms with van der Waals surface area (Å²) < 4.78 is 5.16. The van der Waals surface area contributed by atoms with Crippen LogP contribution in [-0.4, -0.2) is 40.4 Å². The Morgan fingerprint density at radius 2 is 2.04 bits per heavy atom. The maximum atomic E-state index is 12.4. The molecule has 1 aromatic heterocycles. The summed E-state index contributed by atoms with van der Waals surface area (Å²) in [4.78, 5) is 23.9. The lowest BCUT2D eigenvalue weighted by Crippen LogP contribution is -2.41. The van der Waals surface area contributed by atoms with E-state index in [9.17, 15) is 19.8 Å². The number of carboxylic acids is 1. The fraction of sp³-hybridized carbons (Fsp3) is 0.278. The molecule has 1 amide bonds. The molecule has 2 heterocycles. The van der Waals surface area contributed by atoms with E-state index in [4.69, 9.17) is 4.42 Å². The summed E-state index contributed by atoms with van der Waals surface area (Å²) in [5.41, 5.74) is -0.703. The molecule has 1 aliphatic heterocycles. The highest BCUT2D eigenvalue weighted by Gasteiger charge is 2.37. The molecule has 136 valence electrons. The van der Waals surface area contributed by atoms with Gasteiger partial charge in [-0.25, -0.2) is 4.79 Å². The fourth-order valence-electron chi connectivity index (χ4n) is 2.69. The Labute approximate surface area is 149 Å². The number of rotatable bonds is 6. The van der Waals surface area contributed by atoms with Crippen molar-refractivity contribution in [2.24, 2.45) is 5.10 Å². The van der Waals surface area contributed by atoms with Crippen molar-refractivity contribution in [3.8, 4) is 0 Å². The van der Waals surface area contributed by atoms with Crippen molar-refractivity contribution in [1.29, 1.82) is 0 Å². The number of carboxylic acid groups (broad SMARTS) is 1. The van der Waals surface area contributed by atoms with E-state index < -0.39 is 23.5 Å². The second-order valence-corrected chi connectivity index (χ2v) is 6.22. The van der Waals surface area contributed by atoms with Gasteiger partial charge in [0.2, 0.25) is 0 Å². The Bertz CT molecular complexity index is 815. The van der Waals surface area contributed by atoms with E-state index in [1.54, 1.807) is 36.4 Å². The van der Waals surface area contributed by atoms with E-state index in [0.717, 1.165) is 0 Å². The van der Waals surface area contributed by atoms with Crippen molar-refractivity contribution in [1.82, 2.24) is 5.32 Å².